The first-order valence-electron chi connectivity index (χ1n) is 6.08. The molecule has 112 valence electrons. The molecule has 0 saturated carbocycles. The van der Waals surface area contributed by atoms with Crippen molar-refractivity contribution in [1.29, 1.82) is 0 Å². The first-order chi connectivity index (χ1) is 9.77. The van der Waals surface area contributed by atoms with Crippen LogP contribution in [0.15, 0.2) is 36.4 Å². The van der Waals surface area contributed by atoms with Gasteiger partial charge >= 0.3 is 6.12 Å². The van der Waals surface area contributed by atoms with Crippen LogP contribution < -0.4 is 9.05 Å². The molecule has 2 rings (SSSR count). The van der Waals surface area contributed by atoms with Crippen LogP contribution in [0.2, 0.25) is 0 Å². The number of phenolic OH excluding ortho intramolecular Hbond substituents is 2. The predicted octanol–water partition coefficient (Wildman–Crippen LogP) is 4.33. The third-order valence-electron chi connectivity index (χ3n) is 2.80. The van der Waals surface area contributed by atoms with E-state index in [2.05, 4.69) is 12.2 Å². The van der Waals surface area contributed by atoms with Crippen LogP contribution in [0.5, 0.6) is 23.0 Å². The molecule has 0 radical (unpaired) electrons. The Balaban J connectivity index is 2.13. The molecule has 0 heterocycles. The standard InChI is InChI=1S/C14H15O4PS2/c1-9-3-5-11(7-13(9)15)17-19(20,21)18-12-6-4-10(2)14(16)8-12/h3-8,15-16H,1-2H3,(H,20,21). The van der Waals surface area contributed by atoms with E-state index >= 15 is 0 Å². The topological polar surface area (TPSA) is 58.9 Å². The van der Waals surface area contributed by atoms with Crippen molar-refractivity contribution in [3.8, 4) is 23.0 Å². The van der Waals surface area contributed by atoms with Crippen molar-refractivity contribution in [2.45, 2.75) is 13.8 Å². The molecule has 0 atom stereocenters. The highest BCUT2D eigenvalue weighted by molar-refractivity contribution is 8.76. The van der Waals surface area contributed by atoms with Gasteiger partial charge in [0, 0.05) is 12.1 Å². The smallest absolute Gasteiger partial charge is 0.307 e. The Morgan fingerprint density at radius 1 is 0.905 bits per heavy atom. The number of rotatable bonds is 4. The monoisotopic (exact) mass is 342 g/mol. The molecule has 0 aliphatic heterocycles. The van der Waals surface area contributed by atoms with Gasteiger partial charge < -0.3 is 31.5 Å². The van der Waals surface area contributed by atoms with Gasteiger partial charge in [-0.15, -0.1) is 0 Å². The maximum atomic E-state index is 9.65. The maximum Gasteiger partial charge on any atom is 0.307 e. The molecule has 0 spiro atoms. The summed E-state index contributed by atoms with van der Waals surface area (Å²) in [5, 5.41) is 19.3. The lowest BCUT2D eigenvalue weighted by Gasteiger charge is -2.23. The first kappa shape index (κ1) is 16.1. The van der Waals surface area contributed by atoms with E-state index in [0.29, 0.717) is 11.5 Å². The van der Waals surface area contributed by atoms with Gasteiger partial charge in [0.05, 0.1) is 12.2 Å². The average molecular weight is 342 g/mol. The molecule has 2 aromatic carbocycles. The summed E-state index contributed by atoms with van der Waals surface area (Å²) >= 11 is 9.48. The summed E-state index contributed by atoms with van der Waals surface area (Å²) in [4.78, 5) is 0. The number of benzene rings is 2. The fourth-order valence-corrected chi connectivity index (χ4v) is 3.46. The molecular weight excluding hydrogens is 327 g/mol. The van der Waals surface area contributed by atoms with Gasteiger partial charge in [0.1, 0.15) is 11.5 Å². The lowest BCUT2D eigenvalue weighted by atomic mass is 10.2. The normalized spacial score (nSPS) is 11.2. The van der Waals surface area contributed by atoms with Gasteiger partial charge in [-0.1, -0.05) is 12.1 Å². The van der Waals surface area contributed by atoms with Crippen LogP contribution in [-0.4, -0.2) is 10.2 Å². The van der Waals surface area contributed by atoms with E-state index in [1.54, 1.807) is 38.1 Å². The molecule has 2 aromatic rings. The van der Waals surface area contributed by atoms with Crippen LogP contribution in [0.1, 0.15) is 11.1 Å². The Labute approximate surface area is 134 Å². The Morgan fingerprint density at radius 2 is 1.29 bits per heavy atom. The second kappa shape index (κ2) is 6.26. The summed E-state index contributed by atoms with van der Waals surface area (Å²) in [6, 6.07) is 9.71. The van der Waals surface area contributed by atoms with Gasteiger partial charge in [-0.3, -0.25) is 0 Å². The van der Waals surface area contributed by atoms with Crippen molar-refractivity contribution in [3.63, 3.8) is 0 Å². The highest BCUT2D eigenvalue weighted by atomic mass is 33.1. The van der Waals surface area contributed by atoms with E-state index in [9.17, 15) is 10.2 Å². The van der Waals surface area contributed by atoms with Gasteiger partial charge in [0.2, 0.25) is 0 Å². The fraction of sp³-hybridized carbons (Fsp3) is 0.143. The van der Waals surface area contributed by atoms with Crippen LogP contribution in [0, 0.1) is 13.8 Å². The van der Waals surface area contributed by atoms with E-state index in [4.69, 9.17) is 21.3 Å². The molecule has 0 saturated heterocycles. The number of thiol groups is 1. The Kier molecular flexibility index (Phi) is 4.81. The molecule has 0 aliphatic carbocycles. The molecule has 2 N–H and O–H groups in total. The molecule has 21 heavy (non-hydrogen) atoms. The molecule has 0 fully saturated rings. The first-order valence-corrected chi connectivity index (χ1v) is 9.87. The van der Waals surface area contributed by atoms with E-state index in [-0.39, 0.29) is 11.5 Å². The van der Waals surface area contributed by atoms with Crippen LogP contribution >= 0.6 is 18.4 Å². The van der Waals surface area contributed by atoms with Crippen molar-refractivity contribution >= 4 is 30.6 Å². The summed E-state index contributed by atoms with van der Waals surface area (Å²) in [7, 11) is 0. The van der Waals surface area contributed by atoms with E-state index in [1.807, 2.05) is 0 Å². The minimum absolute atomic E-state index is 0.115. The molecule has 0 aromatic heterocycles. The van der Waals surface area contributed by atoms with E-state index in [1.165, 1.54) is 12.1 Å². The lowest BCUT2D eigenvalue weighted by Crippen LogP contribution is -2.00. The van der Waals surface area contributed by atoms with Crippen molar-refractivity contribution in [2.75, 3.05) is 0 Å². The molecule has 7 heteroatoms. The fourth-order valence-electron chi connectivity index (χ4n) is 1.58. The summed E-state index contributed by atoms with van der Waals surface area (Å²) in [6.07, 6.45) is -2.90. The van der Waals surface area contributed by atoms with Crippen LogP contribution in [0.4, 0.5) is 0 Å². The predicted molar refractivity (Wildman–Crippen MR) is 90.2 cm³/mol. The number of phenols is 2. The van der Waals surface area contributed by atoms with Gasteiger partial charge in [-0.2, -0.15) is 0 Å². The maximum absolute atomic E-state index is 9.65. The third-order valence-corrected chi connectivity index (χ3v) is 4.62. The molecule has 4 nitrogen and oxygen atoms in total. The second-order valence-corrected chi connectivity index (χ2v) is 9.68. The van der Waals surface area contributed by atoms with Gasteiger partial charge in [0.15, 0.2) is 11.5 Å². The third kappa shape index (κ3) is 4.37. The molecular formula is C14H15O4PS2. The van der Waals surface area contributed by atoms with E-state index < -0.39 is 6.12 Å². The Morgan fingerprint density at radius 3 is 1.62 bits per heavy atom. The molecule has 0 amide bonds. The molecule has 0 unspecified atom stereocenters. The van der Waals surface area contributed by atoms with Gasteiger partial charge in [0.25, 0.3) is 0 Å². The van der Waals surface area contributed by atoms with Crippen molar-refractivity contribution < 1.29 is 19.3 Å². The molecule has 0 bridgehead atoms. The SMILES string of the molecule is Cc1ccc(O[P+]([S-])(S)Oc2ccc(C)c(O)c2)cc1O. The minimum Gasteiger partial charge on any atom is -0.508 e. The zero-order chi connectivity index (χ0) is 15.6. The van der Waals surface area contributed by atoms with Gasteiger partial charge in [-0.25, -0.2) is 0 Å². The minimum atomic E-state index is -2.90. The largest absolute Gasteiger partial charge is 0.508 e. The quantitative estimate of drug-likeness (QED) is 0.439. The highest BCUT2D eigenvalue weighted by Gasteiger charge is 2.26. The number of aryl methyl sites for hydroxylation is 2. The number of hydrogen-bond acceptors (Lipinski definition) is 6. The van der Waals surface area contributed by atoms with Crippen molar-refractivity contribution in [2.24, 2.45) is 0 Å². The summed E-state index contributed by atoms with van der Waals surface area (Å²) in [5.74, 6) is 0.994. The van der Waals surface area contributed by atoms with Gasteiger partial charge in [-0.05, 0) is 37.1 Å². The van der Waals surface area contributed by atoms with Crippen LogP contribution in [0.25, 0.3) is 0 Å². The Hall–Kier alpha value is -1.23. The number of hydrogen-bond donors (Lipinski definition) is 3. The van der Waals surface area contributed by atoms with Crippen molar-refractivity contribution in [3.05, 3.63) is 47.5 Å². The number of aromatic hydroxyl groups is 2. The van der Waals surface area contributed by atoms with Crippen molar-refractivity contribution in [1.82, 2.24) is 0 Å². The Bertz CT molecular complexity index is 606. The van der Waals surface area contributed by atoms with Crippen LogP contribution in [-0.2, 0) is 12.2 Å². The zero-order valence-corrected chi connectivity index (χ0v) is 14.1. The lowest BCUT2D eigenvalue weighted by molar-refractivity contribution is 0.458. The summed E-state index contributed by atoms with van der Waals surface area (Å²) in [6.45, 7) is 3.56. The average Bonchev–Trinajstić information content (AvgIpc) is 2.37. The molecule has 0 aliphatic rings. The second-order valence-electron chi connectivity index (χ2n) is 4.55. The van der Waals surface area contributed by atoms with Crippen LogP contribution in [0.3, 0.4) is 0 Å². The van der Waals surface area contributed by atoms with E-state index in [0.717, 1.165) is 11.1 Å². The summed E-state index contributed by atoms with van der Waals surface area (Å²) in [5.41, 5.74) is 1.47. The summed E-state index contributed by atoms with van der Waals surface area (Å²) < 4.78 is 11.1. The zero-order valence-electron chi connectivity index (χ0n) is 11.5. The highest BCUT2D eigenvalue weighted by Crippen LogP contribution is 2.62.